The highest BCUT2D eigenvalue weighted by atomic mass is 16.2. The molecule has 0 saturated carbocycles. The van der Waals surface area contributed by atoms with E-state index in [2.05, 4.69) is 5.32 Å². The molecule has 3 N–H and O–H groups in total. The summed E-state index contributed by atoms with van der Waals surface area (Å²) in [5.41, 5.74) is 7.21. The molecular formula is C15H23N3O2. The predicted octanol–water partition coefficient (Wildman–Crippen LogP) is 0.786. The van der Waals surface area contributed by atoms with E-state index < -0.39 is 0 Å². The van der Waals surface area contributed by atoms with Gasteiger partial charge in [0.15, 0.2) is 0 Å². The van der Waals surface area contributed by atoms with Gasteiger partial charge >= 0.3 is 0 Å². The summed E-state index contributed by atoms with van der Waals surface area (Å²) >= 11 is 0. The van der Waals surface area contributed by atoms with Gasteiger partial charge in [0.05, 0.1) is 6.54 Å². The molecule has 5 nitrogen and oxygen atoms in total. The fraction of sp³-hybridized carbons (Fsp3) is 0.467. The van der Waals surface area contributed by atoms with Gasteiger partial charge in [-0.1, -0.05) is 19.1 Å². The summed E-state index contributed by atoms with van der Waals surface area (Å²) in [5.74, 6) is -0.277. The van der Waals surface area contributed by atoms with E-state index in [4.69, 9.17) is 5.73 Å². The Balaban J connectivity index is 2.79. The number of hydrogen-bond donors (Lipinski definition) is 2. The molecule has 1 rings (SSSR count). The van der Waals surface area contributed by atoms with E-state index in [1.807, 2.05) is 19.1 Å². The summed E-state index contributed by atoms with van der Waals surface area (Å²) < 4.78 is 0. The van der Waals surface area contributed by atoms with Crippen LogP contribution in [0.4, 0.5) is 0 Å². The van der Waals surface area contributed by atoms with Crippen LogP contribution in [0.1, 0.15) is 29.3 Å². The van der Waals surface area contributed by atoms with Crippen LogP contribution in [0, 0.1) is 0 Å². The van der Waals surface area contributed by atoms with Gasteiger partial charge in [0.25, 0.3) is 5.91 Å². The summed E-state index contributed by atoms with van der Waals surface area (Å²) in [7, 11) is 1.57. The second-order valence-electron chi connectivity index (χ2n) is 4.64. The quantitative estimate of drug-likeness (QED) is 0.773. The highest BCUT2D eigenvalue weighted by Crippen LogP contribution is 2.09. The Bertz CT molecular complexity index is 443. The van der Waals surface area contributed by atoms with Crippen molar-refractivity contribution in [1.82, 2.24) is 10.2 Å². The first kappa shape index (κ1) is 16.2. The van der Waals surface area contributed by atoms with Crippen LogP contribution in [-0.4, -0.2) is 43.4 Å². The Morgan fingerprint density at radius 2 is 1.90 bits per heavy atom. The lowest BCUT2D eigenvalue weighted by Crippen LogP contribution is -2.40. The molecule has 0 saturated heterocycles. The molecule has 110 valence electrons. The zero-order valence-electron chi connectivity index (χ0n) is 12.2. The largest absolute Gasteiger partial charge is 0.358 e. The molecular weight excluding hydrogens is 254 g/mol. The molecule has 0 aromatic heterocycles. The van der Waals surface area contributed by atoms with E-state index in [0.717, 1.165) is 18.4 Å². The number of nitrogens with two attached hydrogens (primary N) is 1. The summed E-state index contributed by atoms with van der Waals surface area (Å²) in [4.78, 5) is 25.4. The second kappa shape index (κ2) is 8.32. The average Bonchev–Trinajstić information content (AvgIpc) is 2.47. The number of hydrogen-bond acceptors (Lipinski definition) is 3. The van der Waals surface area contributed by atoms with E-state index >= 15 is 0 Å². The first-order valence-electron chi connectivity index (χ1n) is 6.91. The smallest absolute Gasteiger partial charge is 0.254 e. The van der Waals surface area contributed by atoms with Crippen molar-refractivity contribution in [2.45, 2.75) is 19.8 Å². The van der Waals surface area contributed by atoms with E-state index in [0.29, 0.717) is 18.7 Å². The number of carbonyl (C=O) groups is 2. The Kier molecular flexibility index (Phi) is 6.73. The molecule has 0 fully saturated rings. The van der Waals surface area contributed by atoms with Crippen molar-refractivity contribution < 1.29 is 9.59 Å². The topological polar surface area (TPSA) is 75.4 Å². The van der Waals surface area contributed by atoms with E-state index in [-0.39, 0.29) is 18.4 Å². The number of nitrogens with one attached hydrogen (secondary N) is 1. The lowest BCUT2D eigenvalue weighted by Gasteiger charge is -2.21. The Morgan fingerprint density at radius 3 is 2.40 bits per heavy atom. The maximum Gasteiger partial charge on any atom is 0.254 e. The first-order chi connectivity index (χ1) is 9.62. The number of nitrogens with zero attached hydrogens (tertiary/aromatic N) is 1. The van der Waals surface area contributed by atoms with E-state index in [1.54, 1.807) is 24.1 Å². The summed E-state index contributed by atoms with van der Waals surface area (Å²) in [6, 6.07) is 7.40. The second-order valence-corrected chi connectivity index (χ2v) is 4.64. The van der Waals surface area contributed by atoms with Crippen molar-refractivity contribution in [2.75, 3.05) is 26.7 Å². The van der Waals surface area contributed by atoms with Crippen LogP contribution >= 0.6 is 0 Å². The molecule has 2 amide bonds. The van der Waals surface area contributed by atoms with Crippen molar-refractivity contribution in [3.63, 3.8) is 0 Å². The Labute approximate surface area is 120 Å². The van der Waals surface area contributed by atoms with Crippen LogP contribution in [0.3, 0.4) is 0 Å². The van der Waals surface area contributed by atoms with Gasteiger partial charge in [-0.3, -0.25) is 9.59 Å². The third-order valence-electron chi connectivity index (χ3n) is 3.03. The third kappa shape index (κ3) is 4.66. The van der Waals surface area contributed by atoms with Crippen molar-refractivity contribution in [3.8, 4) is 0 Å². The van der Waals surface area contributed by atoms with Crippen LogP contribution in [0.25, 0.3) is 0 Å². The number of amides is 2. The minimum Gasteiger partial charge on any atom is -0.358 e. The molecule has 0 bridgehead atoms. The average molecular weight is 277 g/mol. The maximum atomic E-state index is 12.4. The van der Waals surface area contributed by atoms with Crippen LogP contribution in [0.2, 0.25) is 0 Å². The molecule has 0 aliphatic rings. The maximum absolute atomic E-state index is 12.4. The molecule has 5 heteroatoms. The molecule has 0 aliphatic carbocycles. The van der Waals surface area contributed by atoms with Crippen LogP contribution in [-0.2, 0) is 11.2 Å². The lowest BCUT2D eigenvalue weighted by molar-refractivity contribution is -0.121. The minimum absolute atomic E-state index is 0.0910. The molecule has 20 heavy (non-hydrogen) atoms. The van der Waals surface area contributed by atoms with Crippen molar-refractivity contribution in [2.24, 2.45) is 5.73 Å². The highest BCUT2D eigenvalue weighted by Gasteiger charge is 2.17. The highest BCUT2D eigenvalue weighted by molar-refractivity contribution is 5.96. The van der Waals surface area contributed by atoms with Crippen LogP contribution in [0.15, 0.2) is 24.3 Å². The number of carbonyl (C=O) groups excluding carboxylic acids is 2. The summed E-state index contributed by atoms with van der Waals surface area (Å²) in [5, 5.41) is 2.54. The molecule has 1 aromatic rings. The fourth-order valence-corrected chi connectivity index (χ4v) is 1.94. The zero-order chi connectivity index (χ0) is 15.0. The Morgan fingerprint density at radius 1 is 1.25 bits per heavy atom. The molecule has 0 aliphatic heterocycles. The fourth-order valence-electron chi connectivity index (χ4n) is 1.94. The van der Waals surface area contributed by atoms with Crippen LogP contribution < -0.4 is 11.1 Å². The molecule has 0 unspecified atom stereocenters. The number of benzene rings is 1. The molecule has 0 atom stereocenters. The van der Waals surface area contributed by atoms with Crippen LogP contribution in [0.5, 0.6) is 0 Å². The zero-order valence-corrected chi connectivity index (χ0v) is 12.2. The SMILES string of the molecule is CCCN(CC(=O)NC)C(=O)c1ccc(CCN)cc1. The Hall–Kier alpha value is -1.88. The normalized spacial score (nSPS) is 10.2. The van der Waals surface area contributed by atoms with E-state index in [9.17, 15) is 9.59 Å². The number of likely N-dealkylation sites (N-methyl/N-ethyl adjacent to an activating group) is 1. The number of rotatable bonds is 7. The monoisotopic (exact) mass is 277 g/mol. The van der Waals surface area contributed by atoms with Gasteiger partial charge in [0.2, 0.25) is 5.91 Å². The molecule has 0 radical (unpaired) electrons. The standard InChI is InChI=1S/C15H23N3O2/c1-3-10-18(11-14(19)17-2)15(20)13-6-4-12(5-7-13)8-9-16/h4-7H,3,8-11,16H2,1-2H3,(H,17,19). The van der Waals surface area contributed by atoms with Gasteiger partial charge in [-0.2, -0.15) is 0 Å². The van der Waals surface area contributed by atoms with Gasteiger partial charge in [0, 0.05) is 19.2 Å². The van der Waals surface area contributed by atoms with E-state index in [1.165, 1.54) is 0 Å². The minimum atomic E-state index is -0.161. The lowest BCUT2D eigenvalue weighted by atomic mass is 10.1. The van der Waals surface area contributed by atoms with Gasteiger partial charge in [0.1, 0.15) is 0 Å². The van der Waals surface area contributed by atoms with Gasteiger partial charge in [-0.05, 0) is 37.1 Å². The van der Waals surface area contributed by atoms with Gasteiger partial charge < -0.3 is 16.0 Å². The van der Waals surface area contributed by atoms with Crippen molar-refractivity contribution >= 4 is 11.8 Å². The predicted molar refractivity (Wildman–Crippen MR) is 79.5 cm³/mol. The van der Waals surface area contributed by atoms with Gasteiger partial charge in [-0.25, -0.2) is 0 Å². The molecule has 0 heterocycles. The molecule has 1 aromatic carbocycles. The first-order valence-corrected chi connectivity index (χ1v) is 6.91. The summed E-state index contributed by atoms with van der Waals surface area (Å²) in [6.07, 6.45) is 1.61. The third-order valence-corrected chi connectivity index (χ3v) is 3.03. The molecule has 0 spiro atoms. The van der Waals surface area contributed by atoms with Crippen molar-refractivity contribution in [1.29, 1.82) is 0 Å². The van der Waals surface area contributed by atoms with Gasteiger partial charge in [-0.15, -0.1) is 0 Å². The summed E-state index contributed by atoms with van der Waals surface area (Å²) in [6.45, 7) is 3.23. The van der Waals surface area contributed by atoms with Crippen molar-refractivity contribution in [3.05, 3.63) is 35.4 Å².